The van der Waals surface area contributed by atoms with Crippen molar-refractivity contribution in [3.63, 3.8) is 0 Å². The van der Waals surface area contributed by atoms with Crippen molar-refractivity contribution >= 4 is 23.3 Å². The van der Waals surface area contributed by atoms with Crippen LogP contribution in [-0.4, -0.2) is 14.6 Å². The van der Waals surface area contributed by atoms with Gasteiger partial charge in [0.05, 0.1) is 18.7 Å². The lowest BCUT2D eigenvalue weighted by Crippen LogP contribution is -1.88. The third-order valence-electron chi connectivity index (χ3n) is 1.87. The molecule has 0 aliphatic carbocycles. The molecule has 74 valence electrons. The number of fused-ring (bicyclic) bond motifs is 1. The van der Waals surface area contributed by atoms with Crippen LogP contribution in [0.25, 0.3) is 11.7 Å². The van der Waals surface area contributed by atoms with Crippen molar-refractivity contribution in [1.82, 2.24) is 14.6 Å². The van der Waals surface area contributed by atoms with Gasteiger partial charge in [-0.3, -0.25) is 0 Å². The highest BCUT2D eigenvalue weighted by Gasteiger charge is 2.02. The van der Waals surface area contributed by atoms with E-state index in [2.05, 4.69) is 10.1 Å². The Bertz CT molecular complexity index is 550. The standard InChI is InChI=1S/C10H7ClN4/c11-9-4-6-15-10(14-9)8(7-13-15)3-1-2-5-12/h1,3-4,6-7H,2H2. The summed E-state index contributed by atoms with van der Waals surface area (Å²) >= 11 is 5.78. The molecular weight excluding hydrogens is 212 g/mol. The molecule has 2 heterocycles. The van der Waals surface area contributed by atoms with Crippen molar-refractivity contribution < 1.29 is 0 Å². The summed E-state index contributed by atoms with van der Waals surface area (Å²) in [5, 5.41) is 12.9. The van der Waals surface area contributed by atoms with Crippen LogP contribution >= 0.6 is 11.6 Å². The van der Waals surface area contributed by atoms with E-state index in [-0.39, 0.29) is 0 Å². The fraction of sp³-hybridized carbons (Fsp3) is 0.100. The number of rotatable bonds is 2. The lowest BCUT2D eigenvalue weighted by atomic mass is 10.3. The van der Waals surface area contributed by atoms with Crippen LogP contribution < -0.4 is 0 Å². The number of nitriles is 1. The van der Waals surface area contributed by atoms with Crippen molar-refractivity contribution in [2.24, 2.45) is 0 Å². The van der Waals surface area contributed by atoms with Crippen LogP contribution in [0.5, 0.6) is 0 Å². The zero-order valence-corrected chi connectivity index (χ0v) is 8.52. The van der Waals surface area contributed by atoms with Crippen LogP contribution in [0, 0.1) is 11.3 Å². The van der Waals surface area contributed by atoms with E-state index in [0.29, 0.717) is 17.2 Å². The van der Waals surface area contributed by atoms with Gasteiger partial charge in [-0.25, -0.2) is 9.50 Å². The summed E-state index contributed by atoms with van der Waals surface area (Å²) in [6.45, 7) is 0. The molecular formula is C10H7ClN4. The Hall–Kier alpha value is -1.86. The van der Waals surface area contributed by atoms with Gasteiger partial charge in [0.2, 0.25) is 0 Å². The third kappa shape index (κ3) is 1.97. The molecule has 0 saturated heterocycles. The van der Waals surface area contributed by atoms with Gasteiger partial charge in [0.15, 0.2) is 5.65 Å². The zero-order chi connectivity index (χ0) is 10.7. The second-order valence-electron chi connectivity index (χ2n) is 2.88. The van der Waals surface area contributed by atoms with E-state index >= 15 is 0 Å². The summed E-state index contributed by atoms with van der Waals surface area (Å²) in [4.78, 5) is 4.15. The maximum atomic E-state index is 8.39. The van der Waals surface area contributed by atoms with E-state index in [4.69, 9.17) is 16.9 Å². The Morgan fingerprint density at radius 3 is 3.27 bits per heavy atom. The number of hydrogen-bond donors (Lipinski definition) is 0. The highest BCUT2D eigenvalue weighted by molar-refractivity contribution is 6.29. The van der Waals surface area contributed by atoms with Crippen LogP contribution in [0.15, 0.2) is 24.5 Å². The largest absolute Gasteiger partial charge is 0.222 e. The van der Waals surface area contributed by atoms with E-state index in [0.717, 1.165) is 5.56 Å². The van der Waals surface area contributed by atoms with Crippen LogP contribution in [0.1, 0.15) is 12.0 Å². The molecule has 2 aromatic heterocycles. The second kappa shape index (κ2) is 4.11. The summed E-state index contributed by atoms with van der Waals surface area (Å²) in [6.07, 6.45) is 7.38. The van der Waals surface area contributed by atoms with Gasteiger partial charge in [-0.1, -0.05) is 23.8 Å². The Morgan fingerprint density at radius 2 is 2.47 bits per heavy atom. The first-order valence-electron chi connectivity index (χ1n) is 4.34. The van der Waals surface area contributed by atoms with Gasteiger partial charge in [-0.15, -0.1) is 0 Å². The summed E-state index contributed by atoms with van der Waals surface area (Å²) in [6, 6.07) is 3.70. The second-order valence-corrected chi connectivity index (χ2v) is 3.27. The molecule has 0 N–H and O–H groups in total. The van der Waals surface area contributed by atoms with Crippen molar-refractivity contribution in [3.8, 4) is 6.07 Å². The van der Waals surface area contributed by atoms with Crippen LogP contribution in [0.4, 0.5) is 0 Å². The first kappa shape index (κ1) is 9.69. The van der Waals surface area contributed by atoms with Crippen LogP contribution in [0.2, 0.25) is 5.15 Å². The van der Waals surface area contributed by atoms with Gasteiger partial charge in [-0.05, 0) is 6.07 Å². The van der Waals surface area contributed by atoms with Crippen LogP contribution in [0.3, 0.4) is 0 Å². The third-order valence-corrected chi connectivity index (χ3v) is 2.08. The fourth-order valence-electron chi connectivity index (χ4n) is 1.22. The average molecular weight is 219 g/mol. The molecule has 0 unspecified atom stereocenters. The predicted octanol–water partition coefficient (Wildman–Crippen LogP) is 2.31. The molecule has 0 saturated carbocycles. The summed E-state index contributed by atoms with van der Waals surface area (Å²) < 4.78 is 1.64. The summed E-state index contributed by atoms with van der Waals surface area (Å²) in [7, 11) is 0. The van der Waals surface area contributed by atoms with E-state index in [1.165, 1.54) is 0 Å². The van der Waals surface area contributed by atoms with Crippen molar-refractivity contribution in [3.05, 3.63) is 35.3 Å². The number of aromatic nitrogens is 3. The minimum atomic E-state index is 0.373. The molecule has 5 heteroatoms. The summed E-state index contributed by atoms with van der Waals surface area (Å²) in [5.41, 5.74) is 1.55. The maximum absolute atomic E-state index is 8.39. The fourth-order valence-corrected chi connectivity index (χ4v) is 1.36. The van der Waals surface area contributed by atoms with Gasteiger partial charge in [0.1, 0.15) is 5.15 Å². The average Bonchev–Trinajstić information content (AvgIpc) is 2.62. The molecule has 0 bridgehead atoms. The van der Waals surface area contributed by atoms with E-state index < -0.39 is 0 Å². The predicted molar refractivity (Wildman–Crippen MR) is 57.3 cm³/mol. The molecule has 4 nitrogen and oxygen atoms in total. The van der Waals surface area contributed by atoms with Gasteiger partial charge >= 0.3 is 0 Å². The quantitative estimate of drug-likeness (QED) is 0.727. The molecule has 0 aromatic carbocycles. The molecule has 0 atom stereocenters. The normalized spacial score (nSPS) is 10.9. The van der Waals surface area contributed by atoms with Gasteiger partial charge in [0, 0.05) is 11.8 Å². The number of nitrogens with zero attached hydrogens (tertiary/aromatic N) is 4. The lowest BCUT2D eigenvalue weighted by Gasteiger charge is -1.93. The molecule has 0 amide bonds. The monoisotopic (exact) mass is 218 g/mol. The van der Waals surface area contributed by atoms with Crippen molar-refractivity contribution in [2.45, 2.75) is 6.42 Å². The van der Waals surface area contributed by atoms with Gasteiger partial charge < -0.3 is 0 Å². The number of halogens is 1. The SMILES string of the molecule is N#CCC=Cc1cnn2ccc(Cl)nc12. The highest BCUT2D eigenvalue weighted by Crippen LogP contribution is 2.13. The smallest absolute Gasteiger partial charge is 0.163 e. The molecule has 0 aliphatic heterocycles. The Kier molecular flexibility index (Phi) is 2.66. The molecule has 15 heavy (non-hydrogen) atoms. The van der Waals surface area contributed by atoms with E-state index in [1.807, 2.05) is 12.1 Å². The molecule has 2 rings (SSSR count). The number of hydrogen-bond acceptors (Lipinski definition) is 3. The topological polar surface area (TPSA) is 54.0 Å². The Labute approximate surface area is 91.4 Å². The van der Waals surface area contributed by atoms with E-state index in [1.54, 1.807) is 29.1 Å². The molecule has 0 aliphatic rings. The lowest BCUT2D eigenvalue weighted by molar-refractivity contribution is 0.939. The van der Waals surface area contributed by atoms with Crippen molar-refractivity contribution in [2.75, 3.05) is 0 Å². The number of allylic oxidation sites excluding steroid dienone is 1. The Balaban J connectivity index is 2.44. The molecule has 0 spiro atoms. The minimum absolute atomic E-state index is 0.373. The molecule has 0 fully saturated rings. The van der Waals surface area contributed by atoms with Gasteiger partial charge in [0.25, 0.3) is 0 Å². The highest BCUT2D eigenvalue weighted by atomic mass is 35.5. The molecule has 0 radical (unpaired) electrons. The first-order chi connectivity index (χ1) is 7.31. The minimum Gasteiger partial charge on any atom is -0.222 e. The van der Waals surface area contributed by atoms with Crippen LogP contribution in [-0.2, 0) is 0 Å². The first-order valence-corrected chi connectivity index (χ1v) is 4.72. The zero-order valence-electron chi connectivity index (χ0n) is 7.76. The molecule has 2 aromatic rings. The van der Waals surface area contributed by atoms with E-state index in [9.17, 15) is 0 Å². The van der Waals surface area contributed by atoms with Gasteiger partial charge in [-0.2, -0.15) is 10.4 Å². The Morgan fingerprint density at radius 1 is 1.60 bits per heavy atom. The van der Waals surface area contributed by atoms with Crippen molar-refractivity contribution in [1.29, 1.82) is 5.26 Å². The summed E-state index contributed by atoms with van der Waals surface area (Å²) in [5.74, 6) is 0. The maximum Gasteiger partial charge on any atom is 0.163 e.